The van der Waals surface area contributed by atoms with Crippen LogP contribution in [0.1, 0.15) is 11.1 Å². The zero-order chi connectivity index (χ0) is 19.2. The van der Waals surface area contributed by atoms with E-state index in [0.717, 1.165) is 6.07 Å². The van der Waals surface area contributed by atoms with Crippen LogP contribution in [0.5, 0.6) is 11.5 Å². The maximum atomic E-state index is 12.9. The fourth-order valence-corrected chi connectivity index (χ4v) is 2.14. The molecule has 0 spiro atoms. The number of nitrogens with one attached hydrogen (secondary N) is 1. The molecule has 3 N–H and O–H groups in total. The Kier molecular flexibility index (Phi) is 6.05. The number of hydrogen-bond donors (Lipinski definition) is 2. The van der Waals surface area contributed by atoms with Crippen molar-refractivity contribution in [2.45, 2.75) is 6.18 Å². The second-order valence-electron chi connectivity index (χ2n) is 5.07. The number of alkyl halides is 3. The van der Waals surface area contributed by atoms with Crippen molar-refractivity contribution in [3.8, 4) is 11.5 Å². The summed E-state index contributed by atoms with van der Waals surface area (Å²) in [6, 6.07) is 9.44. The summed E-state index contributed by atoms with van der Waals surface area (Å²) < 4.78 is 49.3. The van der Waals surface area contributed by atoms with Gasteiger partial charge in [-0.05, 0) is 35.9 Å². The summed E-state index contributed by atoms with van der Waals surface area (Å²) in [6.07, 6.45) is -3.18. The lowest BCUT2D eigenvalue weighted by molar-refractivity contribution is -0.137. The lowest BCUT2D eigenvalue weighted by Gasteiger charge is -2.14. The number of ether oxygens (including phenoxy) is 2. The number of rotatable bonds is 6. The van der Waals surface area contributed by atoms with E-state index < -0.39 is 24.3 Å². The summed E-state index contributed by atoms with van der Waals surface area (Å²) in [5.74, 6) is 4.91. The molecule has 2 aromatic rings. The second kappa shape index (κ2) is 8.24. The Morgan fingerprint density at radius 3 is 2.62 bits per heavy atom. The van der Waals surface area contributed by atoms with Crippen molar-refractivity contribution < 1.29 is 27.4 Å². The third-order valence-electron chi connectivity index (χ3n) is 3.28. The first-order chi connectivity index (χ1) is 12.3. The summed E-state index contributed by atoms with van der Waals surface area (Å²) >= 11 is 0. The molecule has 0 aliphatic rings. The Morgan fingerprint density at radius 1 is 1.23 bits per heavy atom. The van der Waals surface area contributed by atoms with E-state index >= 15 is 0 Å². The SMILES string of the molecule is COc1cc(/C=N\N)ccc1OCC(=O)Nc1ccccc1C(F)(F)F. The maximum Gasteiger partial charge on any atom is 0.418 e. The van der Waals surface area contributed by atoms with Gasteiger partial charge < -0.3 is 20.6 Å². The quantitative estimate of drug-likeness (QED) is 0.467. The van der Waals surface area contributed by atoms with Gasteiger partial charge in [0.1, 0.15) is 0 Å². The van der Waals surface area contributed by atoms with Gasteiger partial charge in [0, 0.05) is 0 Å². The Morgan fingerprint density at radius 2 is 1.96 bits per heavy atom. The maximum absolute atomic E-state index is 12.9. The number of benzene rings is 2. The van der Waals surface area contributed by atoms with Gasteiger partial charge in [0.2, 0.25) is 0 Å². The summed E-state index contributed by atoms with van der Waals surface area (Å²) in [6.45, 7) is -0.493. The number of carbonyl (C=O) groups excluding carboxylic acids is 1. The van der Waals surface area contributed by atoms with E-state index in [1.165, 1.54) is 37.6 Å². The number of halogens is 3. The molecule has 0 aliphatic heterocycles. The molecule has 9 heteroatoms. The molecule has 0 saturated carbocycles. The molecule has 0 atom stereocenters. The summed E-state index contributed by atoms with van der Waals surface area (Å²) in [7, 11) is 1.41. The minimum absolute atomic E-state index is 0.251. The summed E-state index contributed by atoms with van der Waals surface area (Å²) in [5.41, 5.74) is -0.619. The fourth-order valence-electron chi connectivity index (χ4n) is 2.14. The normalized spacial score (nSPS) is 11.4. The van der Waals surface area contributed by atoms with Crippen LogP contribution in [0, 0.1) is 0 Å². The van der Waals surface area contributed by atoms with Crippen molar-refractivity contribution in [2.75, 3.05) is 19.0 Å². The van der Waals surface area contributed by atoms with E-state index in [0.29, 0.717) is 11.3 Å². The molecule has 0 saturated heterocycles. The number of carbonyl (C=O) groups is 1. The molecule has 0 fully saturated rings. The molecule has 0 bridgehead atoms. The first-order valence-corrected chi connectivity index (χ1v) is 7.35. The smallest absolute Gasteiger partial charge is 0.418 e. The van der Waals surface area contributed by atoms with Gasteiger partial charge in [-0.25, -0.2) is 0 Å². The average Bonchev–Trinajstić information content (AvgIpc) is 2.60. The Hall–Kier alpha value is -3.23. The van der Waals surface area contributed by atoms with Crippen LogP contribution < -0.4 is 20.6 Å². The molecule has 0 radical (unpaired) electrons. The standard InChI is InChI=1S/C17H16F3N3O3/c1-25-15-8-11(9-22-21)6-7-14(15)26-10-16(24)23-13-5-3-2-4-12(13)17(18,19)20/h2-9H,10,21H2,1H3,(H,23,24)/b22-9-. The van der Waals surface area contributed by atoms with Crippen molar-refractivity contribution in [2.24, 2.45) is 10.9 Å². The molecule has 0 heterocycles. The van der Waals surface area contributed by atoms with E-state index in [4.69, 9.17) is 15.3 Å². The third-order valence-corrected chi connectivity index (χ3v) is 3.28. The molecule has 26 heavy (non-hydrogen) atoms. The topological polar surface area (TPSA) is 85.9 Å². The van der Waals surface area contributed by atoms with E-state index in [1.807, 2.05) is 0 Å². The van der Waals surface area contributed by atoms with E-state index in [2.05, 4.69) is 10.4 Å². The second-order valence-corrected chi connectivity index (χ2v) is 5.07. The molecule has 138 valence electrons. The van der Waals surface area contributed by atoms with Gasteiger partial charge in [-0.1, -0.05) is 12.1 Å². The predicted octanol–water partition coefficient (Wildman–Crippen LogP) is 3.02. The zero-order valence-electron chi connectivity index (χ0n) is 13.7. The van der Waals surface area contributed by atoms with Gasteiger partial charge in [0.25, 0.3) is 5.91 Å². The van der Waals surface area contributed by atoms with Gasteiger partial charge in [0.05, 0.1) is 24.6 Å². The lowest BCUT2D eigenvalue weighted by atomic mass is 10.1. The Balaban J connectivity index is 2.06. The highest BCUT2D eigenvalue weighted by Gasteiger charge is 2.33. The zero-order valence-corrected chi connectivity index (χ0v) is 13.7. The molecule has 0 aromatic heterocycles. The van der Waals surface area contributed by atoms with E-state index in [-0.39, 0.29) is 11.4 Å². The number of methoxy groups -OCH3 is 1. The van der Waals surface area contributed by atoms with E-state index in [1.54, 1.807) is 12.1 Å². The Bertz CT molecular complexity index is 807. The number of para-hydroxylation sites is 1. The van der Waals surface area contributed by atoms with Crippen LogP contribution in [0.4, 0.5) is 18.9 Å². The first kappa shape index (κ1) is 19.1. The molecule has 6 nitrogen and oxygen atoms in total. The number of hydrogen-bond acceptors (Lipinski definition) is 5. The number of nitrogens with two attached hydrogens (primary N) is 1. The molecule has 0 unspecified atom stereocenters. The molecule has 0 aliphatic carbocycles. The monoisotopic (exact) mass is 367 g/mol. The number of nitrogens with zero attached hydrogens (tertiary/aromatic N) is 1. The largest absolute Gasteiger partial charge is 0.493 e. The van der Waals surface area contributed by atoms with Gasteiger partial charge in [-0.2, -0.15) is 18.3 Å². The summed E-state index contributed by atoms with van der Waals surface area (Å²) in [5, 5.41) is 5.58. The highest BCUT2D eigenvalue weighted by Crippen LogP contribution is 2.34. The predicted molar refractivity (Wildman–Crippen MR) is 90.3 cm³/mol. The van der Waals surface area contributed by atoms with Gasteiger partial charge in [-0.3, -0.25) is 4.79 Å². The van der Waals surface area contributed by atoms with Crippen LogP contribution in [0.2, 0.25) is 0 Å². The van der Waals surface area contributed by atoms with Gasteiger partial charge in [0.15, 0.2) is 18.1 Å². The van der Waals surface area contributed by atoms with Crippen LogP contribution in [0.15, 0.2) is 47.6 Å². The highest BCUT2D eigenvalue weighted by molar-refractivity contribution is 5.92. The highest BCUT2D eigenvalue weighted by atomic mass is 19.4. The van der Waals surface area contributed by atoms with E-state index in [9.17, 15) is 18.0 Å². The van der Waals surface area contributed by atoms with Gasteiger partial charge >= 0.3 is 6.18 Å². The average molecular weight is 367 g/mol. The van der Waals surface area contributed by atoms with Crippen LogP contribution in [0.25, 0.3) is 0 Å². The molecule has 2 aromatic carbocycles. The van der Waals surface area contributed by atoms with Gasteiger partial charge in [-0.15, -0.1) is 0 Å². The van der Waals surface area contributed by atoms with Crippen molar-refractivity contribution in [1.82, 2.24) is 0 Å². The minimum Gasteiger partial charge on any atom is -0.493 e. The van der Waals surface area contributed by atoms with Crippen molar-refractivity contribution >= 4 is 17.8 Å². The number of amides is 1. The van der Waals surface area contributed by atoms with Crippen LogP contribution >= 0.6 is 0 Å². The van der Waals surface area contributed by atoms with Crippen molar-refractivity contribution in [1.29, 1.82) is 0 Å². The van der Waals surface area contributed by atoms with Crippen molar-refractivity contribution in [3.63, 3.8) is 0 Å². The number of anilines is 1. The molecule has 2 rings (SSSR count). The minimum atomic E-state index is -4.58. The third kappa shape index (κ3) is 4.88. The first-order valence-electron chi connectivity index (χ1n) is 7.35. The molecular formula is C17H16F3N3O3. The lowest BCUT2D eigenvalue weighted by Crippen LogP contribution is -2.22. The molecule has 1 amide bonds. The van der Waals surface area contributed by atoms with Crippen LogP contribution in [0.3, 0.4) is 0 Å². The van der Waals surface area contributed by atoms with Crippen LogP contribution in [-0.2, 0) is 11.0 Å². The van der Waals surface area contributed by atoms with Crippen molar-refractivity contribution in [3.05, 3.63) is 53.6 Å². The Labute approximate surface area is 147 Å². The van der Waals surface area contributed by atoms with Crippen LogP contribution in [-0.4, -0.2) is 25.8 Å². The number of hydrazone groups is 1. The molecular weight excluding hydrogens is 351 g/mol. The fraction of sp³-hybridized carbons (Fsp3) is 0.176. The summed E-state index contributed by atoms with van der Waals surface area (Å²) in [4.78, 5) is 12.0.